The molecule has 32 heavy (non-hydrogen) atoms. The van der Waals surface area contributed by atoms with Gasteiger partial charge in [0.1, 0.15) is 5.75 Å². The summed E-state index contributed by atoms with van der Waals surface area (Å²) in [5.74, 6) is 2.26. The first-order chi connectivity index (χ1) is 15.6. The van der Waals surface area contributed by atoms with Gasteiger partial charge in [-0.25, -0.2) is 0 Å². The van der Waals surface area contributed by atoms with Gasteiger partial charge in [0.2, 0.25) is 0 Å². The molecule has 0 unspecified atom stereocenters. The molecule has 2 heterocycles. The Kier molecular flexibility index (Phi) is 5.72. The number of piperidine rings is 1. The van der Waals surface area contributed by atoms with Gasteiger partial charge in [-0.3, -0.25) is 0 Å². The Hall–Kier alpha value is -3.09. The third-order valence-electron chi connectivity index (χ3n) is 6.07. The average Bonchev–Trinajstić information content (AvgIpc) is 2.82. The monoisotopic (exact) mass is 448 g/mol. The van der Waals surface area contributed by atoms with Crippen molar-refractivity contribution in [2.24, 2.45) is 0 Å². The van der Waals surface area contributed by atoms with Crippen LogP contribution in [0.4, 0.5) is 11.6 Å². The van der Waals surface area contributed by atoms with Crippen LogP contribution in [0.25, 0.3) is 21.5 Å². The zero-order valence-electron chi connectivity index (χ0n) is 17.9. The average molecular weight is 449 g/mol. The Morgan fingerprint density at radius 3 is 2.44 bits per heavy atom. The van der Waals surface area contributed by atoms with Crippen LogP contribution in [-0.4, -0.2) is 41.6 Å². The highest BCUT2D eigenvalue weighted by Gasteiger charge is 2.21. The van der Waals surface area contributed by atoms with Crippen LogP contribution in [0.1, 0.15) is 18.4 Å². The van der Waals surface area contributed by atoms with Crippen LogP contribution in [0.2, 0.25) is 5.02 Å². The molecular formula is C25H25ClN4O2. The highest BCUT2D eigenvalue weighted by atomic mass is 35.5. The number of nitrogens with one attached hydrogen (secondary N) is 1. The van der Waals surface area contributed by atoms with Crippen molar-refractivity contribution in [2.45, 2.75) is 25.5 Å². The molecule has 0 atom stereocenters. The summed E-state index contributed by atoms with van der Waals surface area (Å²) in [6, 6.07) is 18.4. The molecule has 7 heteroatoms. The van der Waals surface area contributed by atoms with E-state index in [1.165, 1.54) is 5.39 Å². The van der Waals surface area contributed by atoms with Crippen molar-refractivity contribution in [1.82, 2.24) is 10.2 Å². The Balaban J connectivity index is 1.53. The van der Waals surface area contributed by atoms with Gasteiger partial charge in [-0.2, -0.15) is 0 Å². The van der Waals surface area contributed by atoms with E-state index >= 15 is 0 Å². The number of anilines is 2. The summed E-state index contributed by atoms with van der Waals surface area (Å²) in [5, 5.41) is 27.5. The van der Waals surface area contributed by atoms with E-state index in [0.717, 1.165) is 59.3 Å². The number of halogens is 1. The highest BCUT2D eigenvalue weighted by Crippen LogP contribution is 2.34. The molecule has 164 valence electrons. The Morgan fingerprint density at radius 1 is 1.03 bits per heavy atom. The largest absolute Gasteiger partial charge is 0.495 e. The highest BCUT2D eigenvalue weighted by molar-refractivity contribution is 6.32. The van der Waals surface area contributed by atoms with E-state index in [1.807, 2.05) is 30.3 Å². The number of ether oxygens (including phenoxy) is 1. The van der Waals surface area contributed by atoms with Crippen molar-refractivity contribution >= 4 is 44.8 Å². The Bertz CT molecular complexity index is 1270. The number of rotatable bonds is 5. The summed E-state index contributed by atoms with van der Waals surface area (Å²) in [5.41, 5.74) is 1.03. The molecule has 2 N–H and O–H groups in total. The van der Waals surface area contributed by atoms with E-state index in [2.05, 4.69) is 44.7 Å². The number of benzene rings is 3. The number of aromatic nitrogens is 2. The standard InChI is InChI=1S/C25H25ClN4O2/c1-32-23-7-6-16(12-22(23)26)15-27-24-20-13-17-4-2-3-5-18(17)14-21(20)25(29-28-24)30-10-8-19(31)9-11-30/h2-7,12-14,19,31H,8-11,15H2,1H3,(H,27,28). The lowest BCUT2D eigenvalue weighted by molar-refractivity contribution is 0.145. The fourth-order valence-corrected chi connectivity index (χ4v) is 4.55. The molecule has 1 saturated heterocycles. The molecule has 1 aliphatic heterocycles. The van der Waals surface area contributed by atoms with Gasteiger partial charge in [-0.15, -0.1) is 10.2 Å². The minimum absolute atomic E-state index is 0.233. The molecule has 0 aliphatic carbocycles. The van der Waals surface area contributed by atoms with Crippen molar-refractivity contribution < 1.29 is 9.84 Å². The number of aliphatic hydroxyl groups is 1. The van der Waals surface area contributed by atoms with Crippen LogP contribution in [-0.2, 0) is 6.54 Å². The number of fused-ring (bicyclic) bond motifs is 2. The zero-order chi connectivity index (χ0) is 22.1. The molecule has 0 spiro atoms. The minimum atomic E-state index is -0.233. The van der Waals surface area contributed by atoms with Crippen LogP contribution in [0.5, 0.6) is 5.75 Å². The van der Waals surface area contributed by atoms with Gasteiger partial charge < -0.3 is 20.1 Å². The first kappa shape index (κ1) is 20.8. The van der Waals surface area contributed by atoms with E-state index in [1.54, 1.807) is 7.11 Å². The summed E-state index contributed by atoms with van der Waals surface area (Å²) >= 11 is 6.28. The molecule has 6 nitrogen and oxygen atoms in total. The second-order valence-corrected chi connectivity index (χ2v) is 8.57. The quantitative estimate of drug-likeness (QED) is 0.418. The smallest absolute Gasteiger partial charge is 0.159 e. The van der Waals surface area contributed by atoms with Crippen molar-refractivity contribution in [3.63, 3.8) is 0 Å². The SMILES string of the molecule is COc1ccc(CNc2nnc(N3CCC(O)CC3)c3cc4ccccc4cc23)cc1Cl. The lowest BCUT2D eigenvalue weighted by Crippen LogP contribution is -2.36. The van der Waals surface area contributed by atoms with Crippen LogP contribution in [0.3, 0.4) is 0 Å². The third-order valence-corrected chi connectivity index (χ3v) is 6.36. The maximum atomic E-state index is 9.91. The van der Waals surface area contributed by atoms with E-state index in [0.29, 0.717) is 17.3 Å². The van der Waals surface area contributed by atoms with Gasteiger partial charge in [0.15, 0.2) is 11.6 Å². The number of methoxy groups -OCH3 is 1. The molecule has 5 rings (SSSR count). The minimum Gasteiger partial charge on any atom is -0.495 e. The number of hydrogen-bond acceptors (Lipinski definition) is 6. The number of hydrogen-bond donors (Lipinski definition) is 2. The predicted octanol–water partition coefficient (Wildman–Crippen LogP) is 5.02. The first-order valence-corrected chi connectivity index (χ1v) is 11.2. The van der Waals surface area contributed by atoms with Crippen LogP contribution in [0, 0.1) is 0 Å². The van der Waals surface area contributed by atoms with E-state index in [4.69, 9.17) is 16.3 Å². The maximum absolute atomic E-state index is 9.91. The Morgan fingerprint density at radius 2 is 1.75 bits per heavy atom. The lowest BCUT2D eigenvalue weighted by Gasteiger charge is -2.31. The van der Waals surface area contributed by atoms with E-state index < -0.39 is 0 Å². The first-order valence-electron chi connectivity index (χ1n) is 10.8. The normalized spacial score (nSPS) is 14.8. The molecule has 1 fully saturated rings. The van der Waals surface area contributed by atoms with Crippen molar-refractivity contribution in [3.8, 4) is 5.75 Å². The van der Waals surface area contributed by atoms with Crippen molar-refractivity contribution in [1.29, 1.82) is 0 Å². The second kappa shape index (κ2) is 8.81. The van der Waals surface area contributed by atoms with Gasteiger partial charge in [-0.1, -0.05) is 41.9 Å². The molecule has 0 amide bonds. The van der Waals surface area contributed by atoms with Gasteiger partial charge in [0.05, 0.1) is 18.2 Å². The Labute approximate surface area is 191 Å². The topological polar surface area (TPSA) is 70.5 Å². The zero-order valence-corrected chi connectivity index (χ0v) is 18.6. The van der Waals surface area contributed by atoms with Crippen LogP contribution < -0.4 is 15.0 Å². The molecule has 0 bridgehead atoms. The van der Waals surface area contributed by atoms with Crippen molar-refractivity contribution in [3.05, 3.63) is 65.2 Å². The molecule has 1 aromatic heterocycles. The van der Waals surface area contributed by atoms with Crippen LogP contribution in [0.15, 0.2) is 54.6 Å². The second-order valence-electron chi connectivity index (χ2n) is 8.16. The third kappa shape index (κ3) is 4.04. The summed E-state index contributed by atoms with van der Waals surface area (Å²) in [4.78, 5) is 2.23. The summed E-state index contributed by atoms with van der Waals surface area (Å²) in [7, 11) is 1.61. The van der Waals surface area contributed by atoms with Gasteiger partial charge in [-0.05, 0) is 53.4 Å². The van der Waals surface area contributed by atoms with Crippen LogP contribution >= 0.6 is 11.6 Å². The molecular weight excluding hydrogens is 424 g/mol. The van der Waals surface area contributed by atoms with Gasteiger partial charge >= 0.3 is 0 Å². The fraction of sp³-hybridized carbons (Fsp3) is 0.280. The number of aliphatic hydroxyl groups excluding tert-OH is 1. The molecule has 3 aromatic carbocycles. The van der Waals surface area contributed by atoms with Gasteiger partial charge in [0.25, 0.3) is 0 Å². The summed E-state index contributed by atoms with van der Waals surface area (Å²) in [6.07, 6.45) is 1.26. The van der Waals surface area contributed by atoms with Crippen molar-refractivity contribution in [2.75, 3.05) is 30.4 Å². The van der Waals surface area contributed by atoms with Gasteiger partial charge in [0, 0.05) is 30.4 Å². The van der Waals surface area contributed by atoms with E-state index in [9.17, 15) is 5.11 Å². The fourth-order valence-electron chi connectivity index (χ4n) is 4.27. The number of nitrogens with zero attached hydrogens (tertiary/aromatic N) is 3. The summed E-state index contributed by atoms with van der Waals surface area (Å²) in [6.45, 7) is 2.11. The summed E-state index contributed by atoms with van der Waals surface area (Å²) < 4.78 is 5.24. The molecule has 1 aliphatic rings. The van der Waals surface area contributed by atoms with E-state index in [-0.39, 0.29) is 6.10 Å². The maximum Gasteiger partial charge on any atom is 0.159 e. The predicted molar refractivity (Wildman–Crippen MR) is 130 cm³/mol. The molecule has 0 radical (unpaired) electrons. The lowest BCUT2D eigenvalue weighted by atomic mass is 10.0. The molecule has 4 aromatic rings. The molecule has 0 saturated carbocycles.